The summed E-state index contributed by atoms with van der Waals surface area (Å²) < 4.78 is 0. The van der Waals surface area contributed by atoms with Crippen molar-refractivity contribution >= 4 is 28.5 Å². The van der Waals surface area contributed by atoms with Crippen molar-refractivity contribution in [2.24, 2.45) is 0 Å². The van der Waals surface area contributed by atoms with E-state index in [0.29, 0.717) is 11.0 Å². The molecule has 1 heterocycles. The van der Waals surface area contributed by atoms with Gasteiger partial charge in [-0.05, 0) is 24.5 Å². The highest BCUT2D eigenvalue weighted by molar-refractivity contribution is 7.15. The molecule has 0 aliphatic heterocycles. The summed E-state index contributed by atoms with van der Waals surface area (Å²) in [5, 5.41) is 21.1. The Bertz CT molecular complexity index is 726. The lowest BCUT2D eigenvalue weighted by atomic mass is 10.1. The Labute approximate surface area is 125 Å². The third kappa shape index (κ3) is 3.33. The molecule has 1 aromatic heterocycles. The smallest absolute Gasteiger partial charge is 0.268 e. The standard InChI is InChI=1S/C15H12N4OS/c16-9-12(8-10-4-2-1-3-5-10)13(20)17-15-19-18-14(21-15)11-6-7-11/h1-5,8,11H,6-7H2,(H,17,19,20)/b12-8+. The number of nitrogens with zero attached hydrogens (tertiary/aromatic N) is 3. The molecule has 1 aliphatic carbocycles. The Balaban J connectivity index is 1.73. The van der Waals surface area contributed by atoms with E-state index in [1.54, 1.807) is 6.08 Å². The van der Waals surface area contributed by atoms with Crippen LogP contribution in [0.1, 0.15) is 29.3 Å². The number of benzene rings is 1. The lowest BCUT2D eigenvalue weighted by Crippen LogP contribution is -2.13. The minimum absolute atomic E-state index is 0.0457. The van der Waals surface area contributed by atoms with Crippen molar-refractivity contribution in [3.8, 4) is 6.07 Å². The number of nitriles is 1. The maximum atomic E-state index is 12.1. The van der Waals surface area contributed by atoms with E-state index in [9.17, 15) is 4.79 Å². The maximum absolute atomic E-state index is 12.1. The van der Waals surface area contributed by atoms with E-state index in [-0.39, 0.29) is 5.57 Å². The molecule has 0 atom stereocenters. The van der Waals surface area contributed by atoms with Gasteiger partial charge in [-0.15, -0.1) is 10.2 Å². The Kier molecular flexibility index (Phi) is 3.75. The summed E-state index contributed by atoms with van der Waals surface area (Å²) in [7, 11) is 0. The molecule has 104 valence electrons. The van der Waals surface area contributed by atoms with E-state index >= 15 is 0 Å². The van der Waals surface area contributed by atoms with Gasteiger partial charge in [-0.1, -0.05) is 41.7 Å². The summed E-state index contributed by atoms with van der Waals surface area (Å²) in [4.78, 5) is 12.1. The van der Waals surface area contributed by atoms with Crippen LogP contribution in [0.5, 0.6) is 0 Å². The average molecular weight is 296 g/mol. The average Bonchev–Trinajstić information content (AvgIpc) is 3.26. The fraction of sp³-hybridized carbons (Fsp3) is 0.200. The fourth-order valence-electron chi connectivity index (χ4n) is 1.81. The molecular weight excluding hydrogens is 284 g/mol. The molecule has 21 heavy (non-hydrogen) atoms. The number of nitrogens with one attached hydrogen (secondary N) is 1. The molecule has 0 spiro atoms. The molecule has 1 amide bonds. The number of carbonyl (C=O) groups excluding carboxylic acids is 1. The highest BCUT2D eigenvalue weighted by Gasteiger charge is 2.27. The van der Waals surface area contributed by atoms with Gasteiger partial charge in [-0.2, -0.15) is 5.26 Å². The van der Waals surface area contributed by atoms with E-state index < -0.39 is 5.91 Å². The van der Waals surface area contributed by atoms with Gasteiger partial charge in [0.15, 0.2) is 0 Å². The van der Waals surface area contributed by atoms with E-state index in [2.05, 4.69) is 15.5 Å². The van der Waals surface area contributed by atoms with E-state index in [4.69, 9.17) is 5.26 Å². The molecule has 1 aromatic carbocycles. The first kappa shape index (κ1) is 13.5. The Morgan fingerprint density at radius 3 is 2.76 bits per heavy atom. The van der Waals surface area contributed by atoms with Crippen LogP contribution < -0.4 is 5.32 Å². The normalized spacial score (nSPS) is 14.5. The summed E-state index contributed by atoms with van der Waals surface area (Å²) in [5.74, 6) is 0.0447. The third-order valence-electron chi connectivity index (χ3n) is 3.06. The van der Waals surface area contributed by atoms with Crippen molar-refractivity contribution < 1.29 is 4.79 Å². The Hall–Kier alpha value is -2.52. The number of carbonyl (C=O) groups is 1. The number of hydrogen-bond acceptors (Lipinski definition) is 5. The fourth-order valence-corrected chi connectivity index (χ4v) is 2.72. The first-order chi connectivity index (χ1) is 10.3. The van der Waals surface area contributed by atoms with Crippen LogP contribution in [0.4, 0.5) is 5.13 Å². The molecule has 1 aliphatic rings. The van der Waals surface area contributed by atoms with Crippen LogP contribution in [-0.4, -0.2) is 16.1 Å². The highest BCUT2D eigenvalue weighted by Crippen LogP contribution is 2.42. The summed E-state index contributed by atoms with van der Waals surface area (Å²) >= 11 is 1.38. The number of hydrogen-bond donors (Lipinski definition) is 1. The molecule has 1 N–H and O–H groups in total. The van der Waals surface area contributed by atoms with E-state index in [1.165, 1.54) is 11.3 Å². The summed E-state index contributed by atoms with van der Waals surface area (Å²) in [6.45, 7) is 0. The topological polar surface area (TPSA) is 78.7 Å². The van der Waals surface area contributed by atoms with Crippen LogP contribution in [0.25, 0.3) is 6.08 Å². The molecule has 0 saturated heterocycles. The van der Waals surface area contributed by atoms with Crippen LogP contribution in [0.15, 0.2) is 35.9 Å². The van der Waals surface area contributed by atoms with Crippen molar-refractivity contribution in [3.63, 3.8) is 0 Å². The SMILES string of the molecule is N#C/C(=C\c1ccccc1)C(=O)Nc1nnc(C2CC2)s1. The second-order valence-electron chi connectivity index (χ2n) is 4.75. The molecule has 6 heteroatoms. The lowest BCUT2D eigenvalue weighted by molar-refractivity contribution is -0.112. The molecule has 1 saturated carbocycles. The van der Waals surface area contributed by atoms with Crippen LogP contribution in [0, 0.1) is 11.3 Å². The monoisotopic (exact) mass is 296 g/mol. The molecule has 3 rings (SSSR count). The molecule has 2 aromatic rings. The second kappa shape index (κ2) is 5.85. The van der Waals surface area contributed by atoms with Crippen LogP contribution in [0.3, 0.4) is 0 Å². The predicted molar refractivity (Wildman–Crippen MR) is 80.5 cm³/mol. The van der Waals surface area contributed by atoms with Crippen molar-refractivity contribution in [1.82, 2.24) is 10.2 Å². The largest absolute Gasteiger partial charge is 0.296 e. The van der Waals surface area contributed by atoms with Crippen molar-refractivity contribution in [2.75, 3.05) is 5.32 Å². The quantitative estimate of drug-likeness (QED) is 0.695. The number of anilines is 1. The minimum Gasteiger partial charge on any atom is -0.296 e. The second-order valence-corrected chi connectivity index (χ2v) is 5.76. The van der Waals surface area contributed by atoms with Gasteiger partial charge in [0.1, 0.15) is 16.6 Å². The minimum atomic E-state index is -0.458. The summed E-state index contributed by atoms with van der Waals surface area (Å²) in [5.41, 5.74) is 0.851. The van der Waals surface area contributed by atoms with Crippen molar-refractivity contribution in [3.05, 3.63) is 46.5 Å². The molecule has 0 radical (unpaired) electrons. The van der Waals surface area contributed by atoms with Gasteiger partial charge >= 0.3 is 0 Å². The van der Waals surface area contributed by atoms with E-state index in [1.807, 2.05) is 36.4 Å². The van der Waals surface area contributed by atoms with Gasteiger partial charge in [0.25, 0.3) is 5.91 Å². The molecule has 5 nitrogen and oxygen atoms in total. The zero-order valence-corrected chi connectivity index (χ0v) is 11.9. The number of rotatable bonds is 4. The van der Waals surface area contributed by atoms with Gasteiger partial charge in [0.2, 0.25) is 5.13 Å². The van der Waals surface area contributed by atoms with Gasteiger partial charge in [0.05, 0.1) is 0 Å². The molecule has 0 unspecified atom stereocenters. The van der Waals surface area contributed by atoms with Crippen LogP contribution in [0.2, 0.25) is 0 Å². The molecular formula is C15H12N4OS. The summed E-state index contributed by atoms with van der Waals surface area (Å²) in [6.07, 6.45) is 3.83. The predicted octanol–water partition coefficient (Wildman–Crippen LogP) is 2.96. The van der Waals surface area contributed by atoms with Crippen molar-refractivity contribution in [2.45, 2.75) is 18.8 Å². The molecule has 0 bridgehead atoms. The van der Waals surface area contributed by atoms with Gasteiger partial charge in [-0.3, -0.25) is 10.1 Å². The van der Waals surface area contributed by atoms with Crippen LogP contribution in [-0.2, 0) is 4.79 Å². The van der Waals surface area contributed by atoms with Gasteiger partial charge < -0.3 is 0 Å². The van der Waals surface area contributed by atoms with Crippen molar-refractivity contribution in [1.29, 1.82) is 5.26 Å². The Morgan fingerprint density at radius 1 is 1.33 bits per heavy atom. The van der Waals surface area contributed by atoms with Gasteiger partial charge in [-0.25, -0.2) is 0 Å². The number of amides is 1. The first-order valence-electron chi connectivity index (χ1n) is 6.58. The zero-order valence-electron chi connectivity index (χ0n) is 11.1. The van der Waals surface area contributed by atoms with Crippen LogP contribution >= 0.6 is 11.3 Å². The lowest BCUT2D eigenvalue weighted by Gasteiger charge is -1.99. The Morgan fingerprint density at radius 2 is 2.10 bits per heavy atom. The van der Waals surface area contributed by atoms with E-state index in [0.717, 1.165) is 23.4 Å². The number of aromatic nitrogens is 2. The van der Waals surface area contributed by atoms with Gasteiger partial charge in [0, 0.05) is 5.92 Å². The first-order valence-corrected chi connectivity index (χ1v) is 7.39. The summed E-state index contributed by atoms with van der Waals surface area (Å²) in [6, 6.07) is 11.2. The molecule has 1 fully saturated rings. The maximum Gasteiger partial charge on any atom is 0.268 e. The zero-order chi connectivity index (χ0) is 14.7. The highest BCUT2D eigenvalue weighted by atomic mass is 32.1. The third-order valence-corrected chi connectivity index (χ3v) is 4.06.